The minimum atomic E-state index is -0.108. The molecule has 0 bridgehead atoms. The standard InChI is InChI=1S/C24H21NO2/c1-16(26)17-11-13-19(14-12-17)24(27)25-22-15-20-9-5-6-10-21(20)23(22)18-7-3-2-4-8-18/h2-14,22-23H,15H2,1H3,(H,25,27). The van der Waals surface area contributed by atoms with E-state index in [1.807, 2.05) is 24.3 Å². The number of nitrogens with one attached hydrogen (secondary N) is 1. The van der Waals surface area contributed by atoms with Gasteiger partial charge in [-0.15, -0.1) is 0 Å². The predicted octanol–water partition coefficient (Wildman–Crippen LogP) is 4.38. The summed E-state index contributed by atoms with van der Waals surface area (Å²) >= 11 is 0. The van der Waals surface area contributed by atoms with Gasteiger partial charge in [-0.05, 0) is 42.2 Å². The average molecular weight is 355 g/mol. The molecule has 0 spiro atoms. The molecular weight excluding hydrogens is 334 g/mol. The Hall–Kier alpha value is -3.20. The van der Waals surface area contributed by atoms with Crippen LogP contribution < -0.4 is 5.32 Å². The number of benzene rings is 3. The predicted molar refractivity (Wildman–Crippen MR) is 106 cm³/mol. The van der Waals surface area contributed by atoms with Crippen LogP contribution in [0.3, 0.4) is 0 Å². The number of hydrogen-bond donors (Lipinski definition) is 1. The zero-order valence-corrected chi connectivity index (χ0v) is 15.2. The number of amides is 1. The van der Waals surface area contributed by atoms with Crippen LogP contribution in [0.2, 0.25) is 0 Å². The van der Waals surface area contributed by atoms with Crippen molar-refractivity contribution in [1.29, 1.82) is 0 Å². The van der Waals surface area contributed by atoms with Crippen molar-refractivity contribution in [3.63, 3.8) is 0 Å². The largest absolute Gasteiger partial charge is 0.348 e. The molecule has 2 atom stereocenters. The fourth-order valence-corrected chi connectivity index (χ4v) is 3.91. The van der Waals surface area contributed by atoms with Crippen molar-refractivity contribution < 1.29 is 9.59 Å². The highest BCUT2D eigenvalue weighted by atomic mass is 16.1. The minimum absolute atomic E-state index is 0.00246. The zero-order chi connectivity index (χ0) is 18.8. The summed E-state index contributed by atoms with van der Waals surface area (Å²) in [4.78, 5) is 24.2. The van der Waals surface area contributed by atoms with Crippen LogP contribution in [0.15, 0.2) is 78.9 Å². The SMILES string of the molecule is CC(=O)c1ccc(C(=O)NC2Cc3ccccc3C2c2ccccc2)cc1. The topological polar surface area (TPSA) is 46.2 Å². The third kappa shape index (κ3) is 3.41. The second kappa shape index (κ2) is 7.20. The van der Waals surface area contributed by atoms with Gasteiger partial charge in [-0.25, -0.2) is 0 Å². The molecule has 2 unspecified atom stereocenters. The number of fused-ring (bicyclic) bond motifs is 1. The van der Waals surface area contributed by atoms with E-state index in [4.69, 9.17) is 0 Å². The van der Waals surface area contributed by atoms with Crippen molar-refractivity contribution in [2.24, 2.45) is 0 Å². The summed E-state index contributed by atoms with van der Waals surface area (Å²) in [6.45, 7) is 1.52. The summed E-state index contributed by atoms with van der Waals surface area (Å²) in [7, 11) is 0. The number of carbonyl (C=O) groups excluding carboxylic acids is 2. The Labute approximate surface area is 159 Å². The number of ketones is 1. The van der Waals surface area contributed by atoms with Gasteiger partial charge in [-0.1, -0.05) is 66.7 Å². The Balaban J connectivity index is 1.60. The molecule has 1 aliphatic carbocycles. The number of hydrogen-bond acceptors (Lipinski definition) is 2. The molecule has 1 N–H and O–H groups in total. The quantitative estimate of drug-likeness (QED) is 0.706. The van der Waals surface area contributed by atoms with E-state index in [1.54, 1.807) is 24.3 Å². The van der Waals surface area contributed by atoms with Gasteiger partial charge in [0, 0.05) is 23.1 Å². The summed E-state index contributed by atoms with van der Waals surface area (Å²) in [5.41, 5.74) is 4.95. The Morgan fingerprint density at radius 1 is 0.815 bits per heavy atom. The monoisotopic (exact) mass is 355 g/mol. The summed E-state index contributed by atoms with van der Waals surface area (Å²) < 4.78 is 0. The van der Waals surface area contributed by atoms with Gasteiger partial charge < -0.3 is 5.32 Å². The van der Waals surface area contributed by atoms with Gasteiger partial charge in [0.1, 0.15) is 0 Å². The van der Waals surface area contributed by atoms with Crippen LogP contribution in [-0.4, -0.2) is 17.7 Å². The molecule has 3 nitrogen and oxygen atoms in total. The summed E-state index contributed by atoms with van der Waals surface area (Å²) in [5.74, 6) is 0.0315. The van der Waals surface area contributed by atoms with Crippen molar-refractivity contribution in [2.45, 2.75) is 25.3 Å². The second-order valence-corrected chi connectivity index (χ2v) is 7.00. The van der Waals surface area contributed by atoms with E-state index in [2.05, 4.69) is 35.6 Å². The molecule has 27 heavy (non-hydrogen) atoms. The van der Waals surface area contributed by atoms with Crippen LogP contribution in [-0.2, 0) is 6.42 Å². The Morgan fingerprint density at radius 3 is 2.15 bits per heavy atom. The Kier molecular flexibility index (Phi) is 4.59. The van der Waals surface area contributed by atoms with Crippen molar-refractivity contribution in [1.82, 2.24) is 5.32 Å². The third-order valence-electron chi connectivity index (χ3n) is 5.26. The maximum atomic E-state index is 12.8. The molecule has 3 aromatic carbocycles. The van der Waals surface area contributed by atoms with E-state index in [1.165, 1.54) is 23.6 Å². The van der Waals surface area contributed by atoms with Gasteiger partial charge in [0.2, 0.25) is 0 Å². The summed E-state index contributed by atoms with van der Waals surface area (Å²) in [6.07, 6.45) is 0.813. The highest BCUT2D eigenvalue weighted by molar-refractivity contribution is 5.97. The lowest BCUT2D eigenvalue weighted by molar-refractivity contribution is 0.0934. The Morgan fingerprint density at radius 2 is 1.44 bits per heavy atom. The first kappa shape index (κ1) is 17.2. The van der Waals surface area contributed by atoms with E-state index < -0.39 is 0 Å². The highest BCUT2D eigenvalue weighted by Crippen LogP contribution is 2.38. The number of carbonyl (C=O) groups is 2. The normalized spacial score (nSPS) is 18.0. The van der Waals surface area contributed by atoms with Crippen LogP contribution in [0.1, 0.15) is 50.2 Å². The average Bonchev–Trinajstić information content (AvgIpc) is 3.06. The fraction of sp³-hybridized carbons (Fsp3) is 0.167. The van der Waals surface area contributed by atoms with Crippen LogP contribution in [0.4, 0.5) is 0 Å². The van der Waals surface area contributed by atoms with Crippen molar-refractivity contribution in [3.8, 4) is 0 Å². The second-order valence-electron chi connectivity index (χ2n) is 7.00. The molecule has 0 saturated carbocycles. The van der Waals surface area contributed by atoms with Crippen LogP contribution in [0, 0.1) is 0 Å². The molecule has 0 heterocycles. The van der Waals surface area contributed by atoms with E-state index in [0.29, 0.717) is 11.1 Å². The minimum Gasteiger partial charge on any atom is -0.348 e. The first-order valence-corrected chi connectivity index (χ1v) is 9.18. The van der Waals surface area contributed by atoms with Crippen molar-refractivity contribution in [2.75, 3.05) is 0 Å². The molecule has 4 rings (SSSR count). The van der Waals surface area contributed by atoms with Gasteiger partial charge in [-0.2, -0.15) is 0 Å². The first-order valence-electron chi connectivity index (χ1n) is 9.18. The van der Waals surface area contributed by atoms with E-state index in [0.717, 1.165) is 6.42 Å². The maximum Gasteiger partial charge on any atom is 0.251 e. The molecule has 0 aromatic heterocycles. The van der Waals surface area contributed by atoms with E-state index in [9.17, 15) is 9.59 Å². The summed E-state index contributed by atoms with van der Waals surface area (Å²) in [5, 5.41) is 3.22. The molecule has 0 fully saturated rings. The van der Waals surface area contributed by atoms with Crippen molar-refractivity contribution in [3.05, 3.63) is 107 Å². The lowest BCUT2D eigenvalue weighted by Crippen LogP contribution is -2.38. The van der Waals surface area contributed by atoms with Crippen LogP contribution in [0.25, 0.3) is 0 Å². The molecule has 0 radical (unpaired) electrons. The van der Waals surface area contributed by atoms with E-state index >= 15 is 0 Å². The smallest absolute Gasteiger partial charge is 0.251 e. The summed E-state index contributed by atoms with van der Waals surface area (Å²) in [6, 6.07) is 25.6. The molecule has 134 valence electrons. The molecule has 3 aromatic rings. The van der Waals surface area contributed by atoms with Gasteiger partial charge in [0.05, 0.1) is 0 Å². The number of Topliss-reactive ketones (excluding diaryl/α,β-unsaturated/α-hetero) is 1. The van der Waals surface area contributed by atoms with Gasteiger partial charge in [0.25, 0.3) is 5.91 Å². The molecule has 1 amide bonds. The molecule has 0 saturated heterocycles. The maximum absolute atomic E-state index is 12.8. The van der Waals surface area contributed by atoms with Crippen molar-refractivity contribution >= 4 is 11.7 Å². The molecular formula is C24H21NO2. The van der Waals surface area contributed by atoms with E-state index in [-0.39, 0.29) is 23.7 Å². The third-order valence-corrected chi connectivity index (χ3v) is 5.26. The van der Waals surface area contributed by atoms with Crippen LogP contribution >= 0.6 is 0 Å². The van der Waals surface area contributed by atoms with Gasteiger partial charge in [0.15, 0.2) is 5.78 Å². The lowest BCUT2D eigenvalue weighted by Gasteiger charge is -2.22. The number of rotatable bonds is 4. The molecule has 1 aliphatic rings. The van der Waals surface area contributed by atoms with Gasteiger partial charge in [-0.3, -0.25) is 9.59 Å². The lowest BCUT2D eigenvalue weighted by atomic mass is 9.90. The molecule has 3 heteroatoms. The fourth-order valence-electron chi connectivity index (χ4n) is 3.91. The van der Waals surface area contributed by atoms with Crippen LogP contribution in [0.5, 0.6) is 0 Å². The Bertz CT molecular complexity index is 977. The van der Waals surface area contributed by atoms with Gasteiger partial charge >= 0.3 is 0 Å². The highest BCUT2D eigenvalue weighted by Gasteiger charge is 2.34. The first-order chi connectivity index (χ1) is 13.1. The zero-order valence-electron chi connectivity index (χ0n) is 15.2. The molecule has 0 aliphatic heterocycles.